The number of methoxy groups -OCH3 is 1. The molecule has 1 aromatic carbocycles. The summed E-state index contributed by atoms with van der Waals surface area (Å²) in [6.07, 6.45) is 7.39. The highest BCUT2D eigenvalue weighted by molar-refractivity contribution is 5.64. The fraction of sp³-hybridized carbons (Fsp3) is 0.500. The second-order valence-corrected chi connectivity index (χ2v) is 6.82. The number of rotatable bonds is 4. The first kappa shape index (κ1) is 15.9. The highest BCUT2D eigenvalue weighted by atomic mass is 16.5. The number of hydrogen-bond acceptors (Lipinski definition) is 1. The van der Waals surface area contributed by atoms with Crippen LogP contribution < -0.4 is 4.74 Å². The van der Waals surface area contributed by atoms with Crippen molar-refractivity contribution in [1.29, 1.82) is 0 Å². The number of ether oxygens (including phenoxy) is 1. The molecule has 0 fully saturated rings. The molecule has 1 heteroatoms. The summed E-state index contributed by atoms with van der Waals surface area (Å²) in [5.74, 6) is 0.915. The van der Waals surface area contributed by atoms with E-state index in [9.17, 15) is 0 Å². The Balaban J connectivity index is 2.15. The number of benzene rings is 1. The van der Waals surface area contributed by atoms with Gasteiger partial charge in [-0.15, -0.1) is 0 Å². The van der Waals surface area contributed by atoms with Crippen molar-refractivity contribution in [3.8, 4) is 5.75 Å². The molecule has 114 valence electrons. The van der Waals surface area contributed by atoms with Gasteiger partial charge in [-0.05, 0) is 68.2 Å². The summed E-state index contributed by atoms with van der Waals surface area (Å²) in [5.41, 5.74) is 6.23. The maximum absolute atomic E-state index is 5.22. The molecular formula is C20H28O. The Morgan fingerprint density at radius 2 is 1.90 bits per heavy atom. The lowest BCUT2D eigenvalue weighted by Crippen LogP contribution is -2.20. The minimum Gasteiger partial charge on any atom is -0.497 e. The summed E-state index contributed by atoms with van der Waals surface area (Å²) < 4.78 is 5.22. The van der Waals surface area contributed by atoms with Gasteiger partial charge in [0.25, 0.3) is 0 Å². The van der Waals surface area contributed by atoms with Gasteiger partial charge in [0.05, 0.1) is 7.11 Å². The molecule has 0 saturated carbocycles. The Morgan fingerprint density at radius 1 is 1.24 bits per heavy atom. The first-order valence-corrected chi connectivity index (χ1v) is 7.94. The van der Waals surface area contributed by atoms with Crippen LogP contribution in [0.2, 0.25) is 0 Å². The van der Waals surface area contributed by atoms with Crippen LogP contribution in [0, 0.1) is 5.41 Å². The van der Waals surface area contributed by atoms with Crippen molar-refractivity contribution in [3.63, 3.8) is 0 Å². The van der Waals surface area contributed by atoms with Gasteiger partial charge in [0.1, 0.15) is 5.75 Å². The molecule has 0 saturated heterocycles. The van der Waals surface area contributed by atoms with Gasteiger partial charge in [-0.2, -0.15) is 0 Å². The van der Waals surface area contributed by atoms with E-state index in [1.165, 1.54) is 30.4 Å². The Kier molecular flexibility index (Phi) is 4.92. The normalized spacial score (nSPS) is 18.8. The maximum Gasteiger partial charge on any atom is 0.118 e. The zero-order valence-electron chi connectivity index (χ0n) is 14.1. The van der Waals surface area contributed by atoms with Gasteiger partial charge < -0.3 is 4.74 Å². The molecule has 0 atom stereocenters. The second kappa shape index (κ2) is 6.51. The first-order valence-electron chi connectivity index (χ1n) is 7.94. The average Bonchev–Trinajstić information content (AvgIpc) is 2.46. The molecule has 1 aliphatic rings. The monoisotopic (exact) mass is 284 g/mol. The van der Waals surface area contributed by atoms with E-state index in [2.05, 4.69) is 45.9 Å². The summed E-state index contributed by atoms with van der Waals surface area (Å²) >= 11 is 0. The molecule has 1 aliphatic carbocycles. The highest BCUT2D eigenvalue weighted by Crippen LogP contribution is 2.42. The van der Waals surface area contributed by atoms with Crippen LogP contribution in [0.25, 0.3) is 5.57 Å². The van der Waals surface area contributed by atoms with Crippen molar-refractivity contribution in [3.05, 3.63) is 47.1 Å². The zero-order chi connectivity index (χ0) is 15.5. The molecular weight excluding hydrogens is 256 g/mol. The largest absolute Gasteiger partial charge is 0.497 e. The van der Waals surface area contributed by atoms with Gasteiger partial charge in [-0.1, -0.05) is 43.2 Å². The zero-order valence-corrected chi connectivity index (χ0v) is 14.1. The maximum atomic E-state index is 5.22. The van der Waals surface area contributed by atoms with Gasteiger partial charge in [0.15, 0.2) is 0 Å². The summed E-state index contributed by atoms with van der Waals surface area (Å²) in [6.45, 7) is 9.30. The number of hydrogen-bond donors (Lipinski definition) is 0. The molecule has 0 N–H and O–H groups in total. The predicted molar refractivity (Wildman–Crippen MR) is 91.6 cm³/mol. The third-order valence-corrected chi connectivity index (χ3v) is 4.84. The van der Waals surface area contributed by atoms with E-state index in [4.69, 9.17) is 4.74 Å². The molecule has 2 rings (SSSR count). The highest BCUT2D eigenvalue weighted by Gasteiger charge is 2.27. The minimum atomic E-state index is 0.360. The molecule has 0 bridgehead atoms. The van der Waals surface area contributed by atoms with E-state index in [0.29, 0.717) is 5.41 Å². The fourth-order valence-electron chi connectivity index (χ4n) is 3.35. The van der Waals surface area contributed by atoms with Gasteiger partial charge in [0.2, 0.25) is 0 Å². The lowest BCUT2D eigenvalue weighted by Gasteiger charge is -2.34. The standard InChI is InChI=1S/C20H28O/c1-15(17-9-11-18(21-5)12-10-17)8-13-19-16(2)7-6-14-20(19,3)4/h8-12H,6-7,13-14H2,1-5H3/b15-8+. The summed E-state index contributed by atoms with van der Waals surface area (Å²) in [5, 5.41) is 0. The van der Waals surface area contributed by atoms with Crippen LogP contribution in [0.1, 0.15) is 58.9 Å². The van der Waals surface area contributed by atoms with E-state index >= 15 is 0 Å². The van der Waals surface area contributed by atoms with Crippen LogP contribution >= 0.6 is 0 Å². The molecule has 1 aromatic rings. The van der Waals surface area contributed by atoms with Crippen molar-refractivity contribution in [2.75, 3.05) is 7.11 Å². The van der Waals surface area contributed by atoms with Crippen molar-refractivity contribution in [2.45, 2.75) is 53.4 Å². The van der Waals surface area contributed by atoms with Crippen molar-refractivity contribution >= 4 is 5.57 Å². The Hall–Kier alpha value is -1.50. The van der Waals surface area contributed by atoms with Gasteiger partial charge in [-0.25, -0.2) is 0 Å². The van der Waals surface area contributed by atoms with Gasteiger partial charge in [-0.3, -0.25) is 0 Å². The second-order valence-electron chi connectivity index (χ2n) is 6.82. The van der Waals surface area contributed by atoms with Crippen LogP contribution in [-0.2, 0) is 0 Å². The fourth-order valence-corrected chi connectivity index (χ4v) is 3.35. The molecule has 0 unspecified atom stereocenters. The van der Waals surface area contributed by atoms with E-state index in [0.717, 1.165) is 12.2 Å². The molecule has 0 radical (unpaired) electrons. The van der Waals surface area contributed by atoms with Crippen molar-refractivity contribution < 1.29 is 4.74 Å². The third-order valence-electron chi connectivity index (χ3n) is 4.84. The molecule has 1 nitrogen and oxygen atoms in total. The summed E-state index contributed by atoms with van der Waals surface area (Å²) in [6, 6.07) is 8.33. The van der Waals surface area contributed by atoms with Crippen molar-refractivity contribution in [2.24, 2.45) is 5.41 Å². The Labute approximate surface area is 129 Å². The van der Waals surface area contributed by atoms with Gasteiger partial charge in [0, 0.05) is 0 Å². The Bertz CT molecular complexity index is 544. The number of allylic oxidation sites excluding steroid dienone is 4. The van der Waals surface area contributed by atoms with E-state index in [1.54, 1.807) is 18.3 Å². The van der Waals surface area contributed by atoms with Crippen molar-refractivity contribution in [1.82, 2.24) is 0 Å². The van der Waals surface area contributed by atoms with Crippen LogP contribution in [-0.4, -0.2) is 7.11 Å². The third kappa shape index (κ3) is 3.78. The Morgan fingerprint density at radius 3 is 2.48 bits per heavy atom. The SMILES string of the molecule is COc1ccc(/C(C)=C/CC2=C(C)CCCC2(C)C)cc1. The van der Waals surface area contributed by atoms with Crippen LogP contribution in [0.15, 0.2) is 41.5 Å². The molecule has 0 aliphatic heterocycles. The molecule has 0 aromatic heterocycles. The summed E-state index contributed by atoms with van der Waals surface area (Å²) in [7, 11) is 1.71. The van der Waals surface area contributed by atoms with Crippen LogP contribution in [0.4, 0.5) is 0 Å². The molecule has 21 heavy (non-hydrogen) atoms. The smallest absolute Gasteiger partial charge is 0.118 e. The lowest BCUT2D eigenvalue weighted by molar-refractivity contribution is 0.361. The van der Waals surface area contributed by atoms with Crippen LogP contribution in [0.3, 0.4) is 0 Å². The quantitative estimate of drug-likeness (QED) is 0.615. The predicted octanol–water partition coefficient (Wildman–Crippen LogP) is 6.02. The lowest BCUT2D eigenvalue weighted by atomic mass is 9.71. The van der Waals surface area contributed by atoms with Gasteiger partial charge >= 0.3 is 0 Å². The average molecular weight is 284 g/mol. The van der Waals surface area contributed by atoms with Crippen LogP contribution in [0.5, 0.6) is 5.75 Å². The summed E-state index contributed by atoms with van der Waals surface area (Å²) in [4.78, 5) is 0. The minimum absolute atomic E-state index is 0.360. The first-order chi connectivity index (χ1) is 9.94. The topological polar surface area (TPSA) is 9.23 Å². The van der Waals surface area contributed by atoms with E-state index < -0.39 is 0 Å². The molecule has 0 heterocycles. The van der Waals surface area contributed by atoms with E-state index in [-0.39, 0.29) is 0 Å². The molecule has 0 amide bonds. The van der Waals surface area contributed by atoms with E-state index in [1.807, 2.05) is 12.1 Å². The molecule has 0 spiro atoms.